The fourth-order valence-corrected chi connectivity index (χ4v) is 4.27. The Hall–Kier alpha value is -2.32. The van der Waals surface area contributed by atoms with Crippen LogP contribution in [-0.2, 0) is 23.9 Å². The van der Waals surface area contributed by atoms with Gasteiger partial charge < -0.3 is 20.1 Å². The van der Waals surface area contributed by atoms with Crippen LogP contribution < -0.4 is 10.6 Å². The van der Waals surface area contributed by atoms with Crippen LogP contribution in [0.25, 0.3) is 0 Å². The zero-order valence-corrected chi connectivity index (χ0v) is 17.5. The van der Waals surface area contributed by atoms with Gasteiger partial charge in [-0.1, -0.05) is 0 Å². The molecule has 2 aliphatic heterocycles. The molecule has 0 aromatic heterocycles. The molecule has 2 heterocycles. The highest BCUT2D eigenvalue weighted by molar-refractivity contribution is 5.91. The Morgan fingerprint density at radius 2 is 2.03 bits per heavy atom. The van der Waals surface area contributed by atoms with Crippen molar-refractivity contribution in [3.63, 3.8) is 0 Å². The summed E-state index contributed by atoms with van der Waals surface area (Å²) in [7, 11) is 1.25. The maximum atomic E-state index is 13.0. The first kappa shape index (κ1) is 21.4. The molecule has 162 valence electrons. The lowest BCUT2D eigenvalue weighted by Gasteiger charge is -2.31. The van der Waals surface area contributed by atoms with E-state index in [9.17, 15) is 19.2 Å². The van der Waals surface area contributed by atoms with Gasteiger partial charge in [-0.25, -0.2) is 9.59 Å². The van der Waals surface area contributed by atoms with Crippen molar-refractivity contribution in [2.24, 2.45) is 17.8 Å². The number of amides is 3. The fraction of sp³-hybridized carbons (Fsp3) is 0.800. The molecule has 0 spiro atoms. The SMILES string of the molecule is COC(=O)C(C[C@@H]1CCCNC1=O)NC(=O)[C@@H]1[C@H]2C[C@H]2CN1C(=O)OC(C)(C)C. The zero-order chi connectivity index (χ0) is 21.3. The maximum absolute atomic E-state index is 13.0. The smallest absolute Gasteiger partial charge is 0.410 e. The summed E-state index contributed by atoms with van der Waals surface area (Å²) >= 11 is 0. The third-order valence-electron chi connectivity index (χ3n) is 5.77. The van der Waals surface area contributed by atoms with Crippen molar-refractivity contribution in [1.29, 1.82) is 0 Å². The van der Waals surface area contributed by atoms with Gasteiger partial charge in [0, 0.05) is 19.0 Å². The minimum Gasteiger partial charge on any atom is -0.467 e. The van der Waals surface area contributed by atoms with E-state index in [-0.39, 0.29) is 24.2 Å². The van der Waals surface area contributed by atoms with Crippen LogP contribution in [0, 0.1) is 17.8 Å². The Bertz CT molecular complexity index is 688. The van der Waals surface area contributed by atoms with E-state index in [0.29, 0.717) is 25.4 Å². The first-order valence-electron chi connectivity index (χ1n) is 10.3. The summed E-state index contributed by atoms with van der Waals surface area (Å²) in [6.45, 7) is 6.43. The number of methoxy groups -OCH3 is 1. The topological polar surface area (TPSA) is 114 Å². The Balaban J connectivity index is 1.68. The standard InChI is InChI=1S/C20H31N3O6/c1-20(2,3)29-19(27)23-10-12-8-13(12)15(23)17(25)22-14(18(26)28-4)9-11-6-5-7-21-16(11)24/h11-15H,5-10H2,1-4H3,(H,21,24)(H,22,25)/t11-,12-,13-,14?,15-/m0/s1. The highest BCUT2D eigenvalue weighted by Crippen LogP contribution is 2.50. The second kappa shape index (κ2) is 8.20. The predicted molar refractivity (Wildman–Crippen MR) is 103 cm³/mol. The van der Waals surface area contributed by atoms with Gasteiger partial charge >= 0.3 is 12.1 Å². The molecule has 2 N–H and O–H groups in total. The van der Waals surface area contributed by atoms with Gasteiger partial charge in [-0.3, -0.25) is 14.5 Å². The number of hydrogen-bond acceptors (Lipinski definition) is 6. The number of carbonyl (C=O) groups excluding carboxylic acids is 4. The molecule has 3 amide bonds. The van der Waals surface area contributed by atoms with Crippen LogP contribution in [0.3, 0.4) is 0 Å². The van der Waals surface area contributed by atoms with Gasteiger partial charge in [-0.05, 0) is 58.3 Å². The van der Waals surface area contributed by atoms with Gasteiger partial charge in [-0.2, -0.15) is 0 Å². The monoisotopic (exact) mass is 409 g/mol. The van der Waals surface area contributed by atoms with E-state index >= 15 is 0 Å². The molecule has 3 rings (SSSR count). The molecule has 3 aliphatic rings. The van der Waals surface area contributed by atoms with Crippen molar-refractivity contribution in [1.82, 2.24) is 15.5 Å². The number of nitrogens with zero attached hydrogens (tertiary/aromatic N) is 1. The number of rotatable bonds is 5. The third kappa shape index (κ3) is 5.00. The molecule has 0 aromatic rings. The van der Waals surface area contributed by atoms with E-state index in [1.165, 1.54) is 12.0 Å². The van der Waals surface area contributed by atoms with Crippen LogP contribution in [0.5, 0.6) is 0 Å². The average Bonchev–Trinajstić information content (AvgIpc) is 3.30. The molecule has 3 fully saturated rings. The molecule has 1 unspecified atom stereocenters. The molecule has 5 atom stereocenters. The fourth-order valence-electron chi connectivity index (χ4n) is 4.27. The van der Waals surface area contributed by atoms with Crippen LogP contribution in [0.1, 0.15) is 46.5 Å². The van der Waals surface area contributed by atoms with E-state index in [0.717, 1.165) is 12.8 Å². The number of esters is 1. The lowest BCUT2D eigenvalue weighted by molar-refractivity contribution is -0.146. The summed E-state index contributed by atoms with van der Waals surface area (Å²) in [6, 6.07) is -1.60. The second-order valence-electron chi connectivity index (χ2n) is 9.19. The van der Waals surface area contributed by atoms with Crippen molar-refractivity contribution in [2.45, 2.75) is 64.1 Å². The molecule has 1 saturated carbocycles. The molecule has 2 saturated heterocycles. The van der Waals surface area contributed by atoms with Gasteiger partial charge in [0.15, 0.2) is 0 Å². The molecule has 9 heteroatoms. The summed E-state index contributed by atoms with van der Waals surface area (Å²) < 4.78 is 10.3. The highest BCUT2D eigenvalue weighted by Gasteiger charge is 2.58. The van der Waals surface area contributed by atoms with Crippen LogP contribution in [0.15, 0.2) is 0 Å². The Morgan fingerprint density at radius 1 is 1.31 bits per heavy atom. The van der Waals surface area contributed by atoms with Crippen LogP contribution in [0.2, 0.25) is 0 Å². The Kier molecular flexibility index (Phi) is 6.05. The van der Waals surface area contributed by atoms with Gasteiger partial charge in [0.2, 0.25) is 11.8 Å². The number of piperidine rings is 2. The zero-order valence-electron chi connectivity index (χ0n) is 17.5. The number of fused-ring (bicyclic) bond motifs is 1. The lowest BCUT2D eigenvalue weighted by Crippen LogP contribution is -2.54. The summed E-state index contributed by atoms with van der Waals surface area (Å²) in [5, 5.41) is 5.53. The molecular weight excluding hydrogens is 378 g/mol. The first-order chi connectivity index (χ1) is 13.6. The number of nitrogens with one attached hydrogen (secondary N) is 2. The minimum atomic E-state index is -0.931. The maximum Gasteiger partial charge on any atom is 0.410 e. The van der Waals surface area contributed by atoms with E-state index in [4.69, 9.17) is 9.47 Å². The van der Waals surface area contributed by atoms with E-state index in [1.807, 2.05) is 0 Å². The van der Waals surface area contributed by atoms with Crippen LogP contribution in [0.4, 0.5) is 4.79 Å². The number of ether oxygens (including phenoxy) is 2. The average molecular weight is 409 g/mol. The third-order valence-corrected chi connectivity index (χ3v) is 5.77. The quantitative estimate of drug-likeness (QED) is 0.650. The van der Waals surface area contributed by atoms with E-state index in [1.54, 1.807) is 20.8 Å². The number of hydrogen-bond donors (Lipinski definition) is 2. The van der Waals surface area contributed by atoms with Crippen molar-refractivity contribution in [3.8, 4) is 0 Å². The number of carbonyl (C=O) groups is 4. The van der Waals surface area contributed by atoms with E-state index in [2.05, 4.69) is 10.6 Å². The van der Waals surface area contributed by atoms with Crippen LogP contribution in [-0.4, -0.2) is 66.7 Å². The molecule has 0 radical (unpaired) electrons. The van der Waals surface area contributed by atoms with Crippen molar-refractivity contribution >= 4 is 23.9 Å². The van der Waals surface area contributed by atoms with Crippen LogP contribution >= 0.6 is 0 Å². The molecule has 0 aromatic carbocycles. The molecule has 0 bridgehead atoms. The van der Waals surface area contributed by atoms with Crippen molar-refractivity contribution < 1.29 is 28.7 Å². The Morgan fingerprint density at radius 3 is 2.66 bits per heavy atom. The second-order valence-corrected chi connectivity index (χ2v) is 9.19. The van der Waals surface area contributed by atoms with Gasteiger partial charge in [-0.15, -0.1) is 0 Å². The lowest BCUT2D eigenvalue weighted by atomic mass is 9.91. The van der Waals surface area contributed by atoms with Gasteiger partial charge in [0.1, 0.15) is 17.7 Å². The van der Waals surface area contributed by atoms with Crippen molar-refractivity contribution in [2.75, 3.05) is 20.2 Å². The molecular formula is C20H31N3O6. The summed E-state index contributed by atoms with van der Waals surface area (Å²) in [4.78, 5) is 51.4. The van der Waals surface area contributed by atoms with Gasteiger partial charge in [0.25, 0.3) is 0 Å². The minimum absolute atomic E-state index is 0.0822. The first-order valence-corrected chi connectivity index (χ1v) is 10.3. The van der Waals surface area contributed by atoms with Crippen molar-refractivity contribution in [3.05, 3.63) is 0 Å². The molecule has 29 heavy (non-hydrogen) atoms. The summed E-state index contributed by atoms with van der Waals surface area (Å²) in [5.41, 5.74) is -0.659. The predicted octanol–water partition coefficient (Wildman–Crippen LogP) is 0.816. The number of likely N-dealkylation sites (tertiary alicyclic amines) is 1. The molecule has 9 nitrogen and oxygen atoms in total. The summed E-state index contributed by atoms with van der Waals surface area (Å²) in [6.07, 6.45) is 2.03. The van der Waals surface area contributed by atoms with E-state index < -0.39 is 35.7 Å². The highest BCUT2D eigenvalue weighted by atomic mass is 16.6. The largest absolute Gasteiger partial charge is 0.467 e. The molecule has 1 aliphatic carbocycles. The summed E-state index contributed by atoms with van der Waals surface area (Å²) in [5.74, 6) is -1.08. The normalized spacial score (nSPS) is 29.4. The van der Waals surface area contributed by atoms with Gasteiger partial charge in [0.05, 0.1) is 7.11 Å². The Labute approximate surface area is 170 Å².